The highest BCUT2D eigenvalue weighted by Gasteiger charge is 2.32. The molecule has 0 spiro atoms. The van der Waals surface area contributed by atoms with Gasteiger partial charge in [-0.05, 0) is 24.5 Å². The molecule has 0 aliphatic heterocycles. The summed E-state index contributed by atoms with van der Waals surface area (Å²) >= 11 is 0. The maximum Gasteiger partial charge on any atom is 0.573 e. The molecule has 1 atom stereocenters. The molecule has 1 rings (SSSR count). The minimum absolute atomic E-state index is 0.114. The normalized spacial score (nSPS) is 13.5. The zero-order valence-corrected chi connectivity index (χ0v) is 10.7. The zero-order valence-electron chi connectivity index (χ0n) is 10.7. The van der Waals surface area contributed by atoms with Gasteiger partial charge in [0.1, 0.15) is 0 Å². The van der Waals surface area contributed by atoms with Crippen LogP contribution in [0.15, 0.2) is 24.3 Å². The van der Waals surface area contributed by atoms with Gasteiger partial charge in [-0.2, -0.15) is 0 Å². The second-order valence-corrected chi connectivity index (χ2v) is 4.45. The van der Waals surface area contributed by atoms with Crippen molar-refractivity contribution in [1.82, 2.24) is 0 Å². The van der Waals surface area contributed by atoms with Crippen molar-refractivity contribution in [2.75, 3.05) is 5.32 Å². The molecule has 102 valence electrons. The standard InChI is InChI=1S/C13H18F3NO/c1-4-10(9(2)3)17-11-7-5-6-8-12(11)18-13(14,15)16/h5-10,17H,4H2,1-3H3. The van der Waals surface area contributed by atoms with Crippen LogP contribution in [-0.4, -0.2) is 12.4 Å². The predicted octanol–water partition coefficient (Wildman–Crippen LogP) is 4.43. The van der Waals surface area contributed by atoms with Crippen LogP contribution in [0.3, 0.4) is 0 Å². The SMILES string of the molecule is CCC(Nc1ccccc1OC(F)(F)F)C(C)C. The molecule has 0 bridgehead atoms. The van der Waals surface area contributed by atoms with E-state index in [1.807, 2.05) is 20.8 Å². The van der Waals surface area contributed by atoms with Gasteiger partial charge in [-0.1, -0.05) is 32.9 Å². The molecule has 0 heterocycles. The fourth-order valence-corrected chi connectivity index (χ4v) is 1.74. The molecule has 2 nitrogen and oxygen atoms in total. The van der Waals surface area contributed by atoms with Crippen LogP contribution in [0.1, 0.15) is 27.2 Å². The molecule has 18 heavy (non-hydrogen) atoms. The summed E-state index contributed by atoms with van der Waals surface area (Å²) in [4.78, 5) is 0. The zero-order chi connectivity index (χ0) is 13.8. The third kappa shape index (κ3) is 4.47. The topological polar surface area (TPSA) is 21.3 Å². The van der Waals surface area contributed by atoms with Crippen molar-refractivity contribution < 1.29 is 17.9 Å². The van der Waals surface area contributed by atoms with Crippen LogP contribution < -0.4 is 10.1 Å². The van der Waals surface area contributed by atoms with E-state index in [-0.39, 0.29) is 11.8 Å². The average Bonchev–Trinajstić information content (AvgIpc) is 2.25. The molecule has 0 radical (unpaired) electrons. The second-order valence-electron chi connectivity index (χ2n) is 4.45. The van der Waals surface area contributed by atoms with E-state index in [1.165, 1.54) is 12.1 Å². The first kappa shape index (κ1) is 14.7. The largest absolute Gasteiger partial charge is 0.573 e. The van der Waals surface area contributed by atoms with Gasteiger partial charge >= 0.3 is 6.36 Å². The maximum absolute atomic E-state index is 12.2. The summed E-state index contributed by atoms with van der Waals surface area (Å²) < 4.78 is 40.7. The molecule has 1 aromatic carbocycles. The molecule has 1 N–H and O–H groups in total. The number of benzene rings is 1. The first-order valence-corrected chi connectivity index (χ1v) is 5.94. The Morgan fingerprint density at radius 3 is 2.33 bits per heavy atom. The summed E-state index contributed by atoms with van der Waals surface area (Å²) in [7, 11) is 0. The Morgan fingerprint density at radius 2 is 1.83 bits per heavy atom. The van der Waals surface area contributed by atoms with E-state index in [9.17, 15) is 13.2 Å². The first-order valence-electron chi connectivity index (χ1n) is 5.94. The van der Waals surface area contributed by atoms with Crippen LogP contribution in [0, 0.1) is 5.92 Å². The number of hydrogen-bond donors (Lipinski definition) is 1. The van der Waals surface area contributed by atoms with Gasteiger partial charge in [-0.15, -0.1) is 13.2 Å². The molecule has 1 unspecified atom stereocenters. The molecule has 0 fully saturated rings. The highest BCUT2D eigenvalue weighted by molar-refractivity contribution is 5.56. The number of ether oxygens (including phenoxy) is 1. The Bertz CT molecular complexity index is 377. The minimum Gasteiger partial charge on any atom is -0.404 e. The van der Waals surface area contributed by atoms with Gasteiger partial charge < -0.3 is 10.1 Å². The molecule has 0 aliphatic rings. The summed E-state index contributed by atoms with van der Waals surface area (Å²) in [5.74, 6) is 0.137. The monoisotopic (exact) mass is 261 g/mol. The van der Waals surface area contributed by atoms with Gasteiger partial charge in [0.05, 0.1) is 5.69 Å². The van der Waals surface area contributed by atoms with Gasteiger partial charge in [0.2, 0.25) is 0 Å². The summed E-state index contributed by atoms with van der Waals surface area (Å²) in [6, 6.07) is 6.21. The molecule has 5 heteroatoms. The minimum atomic E-state index is -4.67. The number of para-hydroxylation sites is 2. The van der Waals surface area contributed by atoms with E-state index in [4.69, 9.17) is 0 Å². The Kier molecular flexibility index (Phi) is 4.87. The number of anilines is 1. The summed E-state index contributed by atoms with van der Waals surface area (Å²) in [6.07, 6.45) is -3.84. The van der Waals surface area contributed by atoms with Crippen LogP contribution in [0.5, 0.6) is 5.75 Å². The van der Waals surface area contributed by atoms with Crippen molar-refractivity contribution in [3.63, 3.8) is 0 Å². The third-order valence-electron chi connectivity index (χ3n) is 2.70. The lowest BCUT2D eigenvalue weighted by Crippen LogP contribution is -2.26. The van der Waals surface area contributed by atoms with Gasteiger partial charge in [0.15, 0.2) is 5.75 Å². The van der Waals surface area contributed by atoms with Gasteiger partial charge in [-0.25, -0.2) is 0 Å². The average molecular weight is 261 g/mol. The quantitative estimate of drug-likeness (QED) is 0.846. The lowest BCUT2D eigenvalue weighted by Gasteiger charge is -2.23. The summed E-state index contributed by atoms with van der Waals surface area (Å²) in [6.45, 7) is 6.04. The predicted molar refractivity (Wildman–Crippen MR) is 65.7 cm³/mol. The molecule has 0 aliphatic carbocycles. The number of rotatable bonds is 5. The summed E-state index contributed by atoms with van der Waals surface area (Å²) in [5, 5.41) is 3.09. The lowest BCUT2D eigenvalue weighted by molar-refractivity contribution is -0.274. The Morgan fingerprint density at radius 1 is 1.22 bits per heavy atom. The summed E-state index contributed by atoms with van der Waals surface area (Å²) in [5.41, 5.74) is 0.371. The van der Waals surface area contributed by atoms with Crippen LogP contribution >= 0.6 is 0 Å². The molecule has 0 amide bonds. The number of halogens is 3. The number of hydrogen-bond acceptors (Lipinski definition) is 2. The van der Waals surface area contributed by atoms with Gasteiger partial charge in [0, 0.05) is 6.04 Å². The molecular weight excluding hydrogens is 243 g/mol. The fraction of sp³-hybridized carbons (Fsp3) is 0.538. The van der Waals surface area contributed by atoms with E-state index in [0.717, 1.165) is 6.42 Å². The first-order chi connectivity index (χ1) is 8.33. The van der Waals surface area contributed by atoms with E-state index >= 15 is 0 Å². The Labute approximate surface area is 105 Å². The van der Waals surface area contributed by atoms with Crippen molar-refractivity contribution in [3.05, 3.63) is 24.3 Å². The number of alkyl halides is 3. The third-order valence-corrected chi connectivity index (χ3v) is 2.70. The highest BCUT2D eigenvalue weighted by atomic mass is 19.4. The van der Waals surface area contributed by atoms with Crippen LogP contribution in [0.4, 0.5) is 18.9 Å². The highest BCUT2D eigenvalue weighted by Crippen LogP contribution is 2.31. The van der Waals surface area contributed by atoms with E-state index in [0.29, 0.717) is 11.6 Å². The number of nitrogens with one attached hydrogen (secondary N) is 1. The van der Waals surface area contributed by atoms with E-state index in [2.05, 4.69) is 10.1 Å². The van der Waals surface area contributed by atoms with Gasteiger partial charge in [-0.3, -0.25) is 0 Å². The second kappa shape index (κ2) is 5.98. The Hall–Kier alpha value is -1.39. The fourth-order valence-electron chi connectivity index (χ4n) is 1.74. The van der Waals surface area contributed by atoms with Crippen molar-refractivity contribution in [2.45, 2.75) is 39.6 Å². The maximum atomic E-state index is 12.2. The van der Waals surface area contributed by atoms with Gasteiger partial charge in [0.25, 0.3) is 0 Å². The van der Waals surface area contributed by atoms with Crippen LogP contribution in [0.25, 0.3) is 0 Å². The van der Waals surface area contributed by atoms with Crippen LogP contribution in [-0.2, 0) is 0 Å². The molecule has 0 saturated carbocycles. The van der Waals surface area contributed by atoms with E-state index in [1.54, 1.807) is 12.1 Å². The molecule has 0 aromatic heterocycles. The lowest BCUT2D eigenvalue weighted by atomic mass is 10.0. The van der Waals surface area contributed by atoms with Crippen molar-refractivity contribution >= 4 is 5.69 Å². The van der Waals surface area contributed by atoms with Crippen LogP contribution in [0.2, 0.25) is 0 Å². The van der Waals surface area contributed by atoms with Crippen molar-refractivity contribution in [3.8, 4) is 5.75 Å². The molecule has 0 saturated heterocycles. The molecular formula is C13H18F3NO. The Balaban J connectivity index is 2.88. The smallest absolute Gasteiger partial charge is 0.404 e. The van der Waals surface area contributed by atoms with E-state index < -0.39 is 6.36 Å². The van der Waals surface area contributed by atoms with Crippen molar-refractivity contribution in [1.29, 1.82) is 0 Å². The molecule has 1 aromatic rings. The van der Waals surface area contributed by atoms with Crippen molar-refractivity contribution in [2.24, 2.45) is 5.92 Å².